The van der Waals surface area contributed by atoms with Crippen molar-refractivity contribution in [3.63, 3.8) is 0 Å². The van der Waals surface area contributed by atoms with Gasteiger partial charge in [0.05, 0.1) is 0 Å². The summed E-state index contributed by atoms with van der Waals surface area (Å²) in [4.78, 5) is 30.9. The molecule has 140 valence electrons. The number of rotatable bonds is 4. The van der Waals surface area contributed by atoms with Gasteiger partial charge in [0.15, 0.2) is 11.5 Å². The van der Waals surface area contributed by atoms with Crippen LogP contribution in [0.5, 0.6) is 11.5 Å². The first-order chi connectivity index (χ1) is 13.2. The minimum Gasteiger partial charge on any atom is -0.454 e. The molecule has 7 nitrogen and oxygen atoms in total. The normalized spacial score (nSPS) is 16.2. The van der Waals surface area contributed by atoms with Gasteiger partial charge >= 0.3 is 0 Å². The van der Waals surface area contributed by atoms with Gasteiger partial charge in [-0.2, -0.15) is 0 Å². The Morgan fingerprint density at radius 3 is 2.74 bits per heavy atom. The largest absolute Gasteiger partial charge is 0.454 e. The maximum atomic E-state index is 12.7. The number of hydrogen-bond acceptors (Lipinski definition) is 5. The number of pyridine rings is 1. The highest BCUT2D eigenvalue weighted by atomic mass is 16.7. The van der Waals surface area contributed by atoms with Crippen LogP contribution in [0.3, 0.4) is 0 Å². The average Bonchev–Trinajstić information content (AvgIpc) is 3.20. The number of carbonyl (C=O) groups excluding carboxylic acids is 2. The van der Waals surface area contributed by atoms with E-state index >= 15 is 0 Å². The number of nitrogens with one attached hydrogen (secondary N) is 1. The first-order valence-electron chi connectivity index (χ1n) is 9.06. The Kier molecular flexibility index (Phi) is 4.91. The number of benzene rings is 1. The first-order valence-corrected chi connectivity index (χ1v) is 9.06. The number of carbonyl (C=O) groups is 2. The summed E-state index contributed by atoms with van der Waals surface area (Å²) < 4.78 is 10.6. The lowest BCUT2D eigenvalue weighted by molar-refractivity contribution is -0.126. The quantitative estimate of drug-likeness (QED) is 0.894. The topological polar surface area (TPSA) is 80.8 Å². The lowest BCUT2D eigenvalue weighted by Crippen LogP contribution is -2.42. The third-order valence-electron chi connectivity index (χ3n) is 4.96. The Labute approximate surface area is 157 Å². The molecule has 0 radical (unpaired) electrons. The van der Waals surface area contributed by atoms with Gasteiger partial charge in [0.1, 0.15) is 0 Å². The van der Waals surface area contributed by atoms with Crippen molar-refractivity contribution in [3.05, 3.63) is 53.9 Å². The average molecular weight is 367 g/mol. The molecule has 1 saturated heterocycles. The molecule has 3 heterocycles. The second-order valence-electron chi connectivity index (χ2n) is 6.71. The summed E-state index contributed by atoms with van der Waals surface area (Å²) in [5.41, 5.74) is 1.56. The lowest BCUT2D eigenvalue weighted by atomic mass is 9.95. The molecule has 1 aromatic heterocycles. The van der Waals surface area contributed by atoms with Crippen LogP contribution >= 0.6 is 0 Å². The molecule has 2 aliphatic heterocycles. The van der Waals surface area contributed by atoms with E-state index in [4.69, 9.17) is 9.47 Å². The Morgan fingerprint density at radius 2 is 1.96 bits per heavy atom. The fraction of sp³-hybridized carbons (Fsp3) is 0.350. The minimum atomic E-state index is -0.0672. The number of ether oxygens (including phenoxy) is 2. The van der Waals surface area contributed by atoms with Gasteiger partial charge < -0.3 is 19.7 Å². The molecule has 2 aromatic rings. The highest BCUT2D eigenvalue weighted by molar-refractivity contribution is 5.95. The number of fused-ring (bicyclic) bond motifs is 1. The number of piperidine rings is 1. The Hall–Kier alpha value is -3.09. The van der Waals surface area contributed by atoms with E-state index in [-0.39, 0.29) is 24.5 Å². The van der Waals surface area contributed by atoms with Crippen LogP contribution in [0.1, 0.15) is 28.8 Å². The minimum absolute atomic E-state index is 0.0361. The van der Waals surface area contributed by atoms with Crippen LogP contribution in [0.2, 0.25) is 0 Å². The molecule has 4 rings (SSSR count). The third kappa shape index (κ3) is 3.86. The summed E-state index contributed by atoms with van der Waals surface area (Å²) in [6.07, 6.45) is 4.77. The molecule has 0 unspecified atom stereocenters. The van der Waals surface area contributed by atoms with Crippen molar-refractivity contribution >= 4 is 11.8 Å². The van der Waals surface area contributed by atoms with Crippen molar-refractivity contribution in [1.29, 1.82) is 0 Å². The zero-order chi connectivity index (χ0) is 18.6. The van der Waals surface area contributed by atoms with Gasteiger partial charge in [0.2, 0.25) is 12.7 Å². The van der Waals surface area contributed by atoms with Gasteiger partial charge in [-0.05, 0) is 42.7 Å². The van der Waals surface area contributed by atoms with E-state index in [0.717, 1.165) is 5.56 Å². The summed E-state index contributed by atoms with van der Waals surface area (Å²) in [6.45, 7) is 1.80. The number of amides is 2. The Morgan fingerprint density at radius 1 is 1.15 bits per heavy atom. The highest BCUT2D eigenvalue weighted by Crippen LogP contribution is 2.33. The molecule has 1 N–H and O–H groups in total. The monoisotopic (exact) mass is 367 g/mol. The van der Waals surface area contributed by atoms with E-state index in [9.17, 15) is 9.59 Å². The maximum Gasteiger partial charge on any atom is 0.253 e. The van der Waals surface area contributed by atoms with Gasteiger partial charge in [0, 0.05) is 43.5 Å². The maximum absolute atomic E-state index is 12.7. The van der Waals surface area contributed by atoms with Gasteiger partial charge in [-0.3, -0.25) is 14.6 Å². The summed E-state index contributed by atoms with van der Waals surface area (Å²) in [5, 5.41) is 2.96. The fourth-order valence-corrected chi connectivity index (χ4v) is 3.39. The third-order valence-corrected chi connectivity index (χ3v) is 4.96. The molecular formula is C20H21N3O4. The second kappa shape index (κ2) is 7.65. The molecule has 0 spiro atoms. The standard InChI is InChI=1S/C20H21N3O4/c24-19(22-12-14-2-1-7-21-11-14)15-5-8-23(9-6-15)20(25)16-3-4-17-18(10-16)27-13-26-17/h1-4,7,10-11,15H,5-6,8-9,12-13H2,(H,22,24). The van der Waals surface area contributed by atoms with Crippen LogP contribution < -0.4 is 14.8 Å². The molecule has 0 aliphatic carbocycles. The molecule has 1 fully saturated rings. The molecule has 27 heavy (non-hydrogen) atoms. The summed E-state index contributed by atoms with van der Waals surface area (Å²) in [6, 6.07) is 9.01. The fourth-order valence-electron chi connectivity index (χ4n) is 3.39. The van der Waals surface area contributed by atoms with Crippen LogP contribution in [-0.4, -0.2) is 41.6 Å². The first kappa shape index (κ1) is 17.3. The smallest absolute Gasteiger partial charge is 0.253 e. The van der Waals surface area contributed by atoms with Crippen LogP contribution in [0.15, 0.2) is 42.7 Å². The van der Waals surface area contributed by atoms with Crippen LogP contribution in [0, 0.1) is 5.92 Å². The molecule has 2 amide bonds. The van der Waals surface area contributed by atoms with Crippen molar-refractivity contribution in [2.24, 2.45) is 5.92 Å². The number of hydrogen-bond donors (Lipinski definition) is 1. The lowest BCUT2D eigenvalue weighted by Gasteiger charge is -2.31. The Balaban J connectivity index is 1.29. The molecule has 7 heteroatoms. The number of aromatic nitrogens is 1. The molecular weight excluding hydrogens is 346 g/mol. The van der Waals surface area contributed by atoms with Gasteiger partial charge in [-0.15, -0.1) is 0 Å². The zero-order valence-corrected chi connectivity index (χ0v) is 14.9. The second-order valence-corrected chi connectivity index (χ2v) is 6.71. The van der Waals surface area contributed by atoms with E-state index < -0.39 is 0 Å². The summed E-state index contributed by atoms with van der Waals surface area (Å²) >= 11 is 0. The van der Waals surface area contributed by atoms with Crippen molar-refractivity contribution in [2.45, 2.75) is 19.4 Å². The van der Waals surface area contributed by atoms with E-state index in [1.807, 2.05) is 12.1 Å². The van der Waals surface area contributed by atoms with E-state index in [1.54, 1.807) is 35.5 Å². The number of nitrogens with zero attached hydrogens (tertiary/aromatic N) is 2. The van der Waals surface area contributed by atoms with Crippen LogP contribution in [0.25, 0.3) is 0 Å². The van der Waals surface area contributed by atoms with E-state index in [2.05, 4.69) is 10.3 Å². The molecule has 1 aromatic carbocycles. The van der Waals surface area contributed by atoms with Crippen molar-refractivity contribution < 1.29 is 19.1 Å². The van der Waals surface area contributed by atoms with Gasteiger partial charge in [-0.25, -0.2) is 0 Å². The molecule has 0 saturated carbocycles. The van der Waals surface area contributed by atoms with Crippen molar-refractivity contribution in [2.75, 3.05) is 19.9 Å². The SMILES string of the molecule is O=C(NCc1cccnc1)C1CCN(C(=O)c2ccc3c(c2)OCO3)CC1. The summed E-state index contributed by atoms with van der Waals surface area (Å²) in [5.74, 6) is 1.19. The summed E-state index contributed by atoms with van der Waals surface area (Å²) in [7, 11) is 0. The van der Waals surface area contributed by atoms with Crippen LogP contribution in [-0.2, 0) is 11.3 Å². The number of likely N-dealkylation sites (tertiary alicyclic amines) is 1. The van der Waals surface area contributed by atoms with Gasteiger partial charge in [0.25, 0.3) is 5.91 Å². The van der Waals surface area contributed by atoms with Crippen LogP contribution in [0.4, 0.5) is 0 Å². The van der Waals surface area contributed by atoms with Crippen molar-refractivity contribution in [3.8, 4) is 11.5 Å². The predicted molar refractivity (Wildman–Crippen MR) is 97.3 cm³/mol. The predicted octanol–water partition coefficient (Wildman–Crippen LogP) is 1.98. The van der Waals surface area contributed by atoms with E-state index in [0.29, 0.717) is 49.5 Å². The molecule has 0 atom stereocenters. The molecule has 2 aliphatic rings. The highest BCUT2D eigenvalue weighted by Gasteiger charge is 2.28. The Bertz CT molecular complexity index is 832. The zero-order valence-electron chi connectivity index (χ0n) is 14.9. The van der Waals surface area contributed by atoms with Crippen molar-refractivity contribution in [1.82, 2.24) is 15.2 Å². The molecule has 0 bridgehead atoms. The van der Waals surface area contributed by atoms with Gasteiger partial charge in [-0.1, -0.05) is 6.07 Å². The van der Waals surface area contributed by atoms with E-state index in [1.165, 1.54) is 0 Å².